The van der Waals surface area contributed by atoms with Gasteiger partial charge in [0.1, 0.15) is 12.1 Å². The zero-order chi connectivity index (χ0) is 15.9. The summed E-state index contributed by atoms with van der Waals surface area (Å²) in [6.07, 6.45) is 4.42. The SMILES string of the molecule is C[C@H]1C[C@H](C)CN(C(=O)CN2C(=O)NC3(CCCC3)C2=O)C1. The number of carbonyl (C=O) groups is 3. The molecule has 22 heavy (non-hydrogen) atoms. The Labute approximate surface area is 131 Å². The molecule has 2 heterocycles. The number of hydrogen-bond donors (Lipinski definition) is 1. The molecule has 4 amide bonds. The Hall–Kier alpha value is -1.59. The van der Waals surface area contributed by atoms with Crippen LogP contribution in [0.15, 0.2) is 0 Å². The Kier molecular flexibility index (Phi) is 3.87. The van der Waals surface area contributed by atoms with E-state index in [4.69, 9.17) is 0 Å². The minimum absolute atomic E-state index is 0.114. The fourth-order valence-corrected chi connectivity index (χ4v) is 4.24. The average Bonchev–Trinajstić information content (AvgIpc) is 2.99. The van der Waals surface area contributed by atoms with E-state index in [1.807, 2.05) is 0 Å². The van der Waals surface area contributed by atoms with Crippen molar-refractivity contribution in [3.8, 4) is 0 Å². The van der Waals surface area contributed by atoms with Crippen molar-refractivity contribution in [2.75, 3.05) is 19.6 Å². The molecule has 2 saturated heterocycles. The minimum Gasteiger partial charge on any atom is -0.341 e. The topological polar surface area (TPSA) is 69.7 Å². The van der Waals surface area contributed by atoms with E-state index < -0.39 is 11.6 Å². The highest BCUT2D eigenvalue weighted by molar-refractivity contribution is 6.09. The van der Waals surface area contributed by atoms with E-state index in [1.54, 1.807) is 4.90 Å². The molecule has 122 valence electrons. The lowest BCUT2D eigenvalue weighted by atomic mass is 9.92. The van der Waals surface area contributed by atoms with Crippen LogP contribution in [0.2, 0.25) is 0 Å². The zero-order valence-corrected chi connectivity index (χ0v) is 13.4. The molecule has 3 aliphatic rings. The summed E-state index contributed by atoms with van der Waals surface area (Å²) in [5, 5.41) is 2.82. The largest absolute Gasteiger partial charge is 0.341 e. The van der Waals surface area contributed by atoms with Crippen molar-refractivity contribution in [2.24, 2.45) is 11.8 Å². The number of likely N-dealkylation sites (tertiary alicyclic amines) is 1. The summed E-state index contributed by atoms with van der Waals surface area (Å²) in [6.45, 7) is 5.59. The van der Waals surface area contributed by atoms with Gasteiger partial charge in [0.25, 0.3) is 5.91 Å². The molecule has 0 aromatic heterocycles. The maximum absolute atomic E-state index is 12.6. The van der Waals surface area contributed by atoms with Crippen LogP contribution in [-0.4, -0.2) is 52.8 Å². The van der Waals surface area contributed by atoms with Crippen LogP contribution in [0.3, 0.4) is 0 Å². The number of piperidine rings is 1. The standard InChI is InChI=1S/C16H25N3O3/c1-11-7-12(2)9-18(8-11)13(20)10-19-14(21)16(17-15(19)22)5-3-4-6-16/h11-12H,3-10H2,1-2H3,(H,17,22)/t11-,12-/m0/s1. The van der Waals surface area contributed by atoms with Gasteiger partial charge in [-0.3, -0.25) is 14.5 Å². The number of urea groups is 1. The Morgan fingerprint density at radius 2 is 1.77 bits per heavy atom. The highest BCUT2D eigenvalue weighted by Gasteiger charge is 2.52. The van der Waals surface area contributed by atoms with Crippen molar-refractivity contribution in [3.63, 3.8) is 0 Å². The molecular weight excluding hydrogens is 282 g/mol. The molecule has 2 aliphatic heterocycles. The van der Waals surface area contributed by atoms with E-state index in [0.29, 0.717) is 24.7 Å². The first-order valence-electron chi connectivity index (χ1n) is 8.33. The van der Waals surface area contributed by atoms with Gasteiger partial charge in [0, 0.05) is 13.1 Å². The van der Waals surface area contributed by atoms with Gasteiger partial charge in [-0.1, -0.05) is 26.7 Å². The van der Waals surface area contributed by atoms with E-state index in [-0.39, 0.29) is 18.4 Å². The van der Waals surface area contributed by atoms with E-state index in [0.717, 1.165) is 37.3 Å². The molecule has 0 aromatic carbocycles. The van der Waals surface area contributed by atoms with Crippen LogP contribution in [0.5, 0.6) is 0 Å². The number of nitrogens with zero attached hydrogens (tertiary/aromatic N) is 2. The number of nitrogens with one attached hydrogen (secondary N) is 1. The average molecular weight is 307 g/mol. The van der Waals surface area contributed by atoms with Crippen molar-refractivity contribution in [1.82, 2.24) is 15.1 Å². The summed E-state index contributed by atoms with van der Waals surface area (Å²) >= 11 is 0. The monoisotopic (exact) mass is 307 g/mol. The molecule has 1 saturated carbocycles. The Morgan fingerprint density at radius 1 is 1.18 bits per heavy atom. The molecule has 0 bridgehead atoms. The first kappa shape index (κ1) is 15.3. The third-order valence-electron chi connectivity index (χ3n) is 5.22. The molecule has 1 N–H and O–H groups in total. The normalized spacial score (nSPS) is 31.0. The molecule has 6 heteroatoms. The van der Waals surface area contributed by atoms with Gasteiger partial charge < -0.3 is 10.2 Å². The van der Waals surface area contributed by atoms with Crippen LogP contribution in [0.1, 0.15) is 46.0 Å². The van der Waals surface area contributed by atoms with Gasteiger partial charge in [0.15, 0.2) is 0 Å². The van der Waals surface area contributed by atoms with E-state index >= 15 is 0 Å². The van der Waals surface area contributed by atoms with Crippen molar-refractivity contribution < 1.29 is 14.4 Å². The maximum atomic E-state index is 12.6. The maximum Gasteiger partial charge on any atom is 0.325 e. The summed E-state index contributed by atoms with van der Waals surface area (Å²) in [5.41, 5.74) is -0.722. The molecule has 1 aliphatic carbocycles. The summed E-state index contributed by atoms with van der Waals surface area (Å²) < 4.78 is 0. The third kappa shape index (κ3) is 2.59. The van der Waals surface area contributed by atoms with E-state index in [1.165, 1.54) is 0 Å². The second kappa shape index (κ2) is 5.56. The lowest BCUT2D eigenvalue weighted by molar-refractivity contribution is -0.140. The summed E-state index contributed by atoms with van der Waals surface area (Å²) in [4.78, 5) is 40.1. The van der Waals surface area contributed by atoms with Crippen molar-refractivity contribution in [3.05, 3.63) is 0 Å². The molecule has 0 unspecified atom stereocenters. The quantitative estimate of drug-likeness (QED) is 0.783. The molecule has 0 radical (unpaired) electrons. The first-order valence-corrected chi connectivity index (χ1v) is 8.33. The van der Waals surface area contributed by atoms with Crippen LogP contribution in [-0.2, 0) is 9.59 Å². The third-order valence-corrected chi connectivity index (χ3v) is 5.22. The van der Waals surface area contributed by atoms with Gasteiger partial charge in [0.2, 0.25) is 5.91 Å². The van der Waals surface area contributed by atoms with Crippen molar-refractivity contribution >= 4 is 17.8 Å². The molecule has 2 atom stereocenters. The van der Waals surface area contributed by atoms with Gasteiger partial charge >= 0.3 is 6.03 Å². The van der Waals surface area contributed by atoms with Crippen LogP contribution >= 0.6 is 0 Å². The molecule has 3 rings (SSSR count). The second-order valence-corrected chi connectivity index (χ2v) is 7.36. The number of rotatable bonds is 2. The first-order chi connectivity index (χ1) is 10.4. The summed E-state index contributed by atoms with van der Waals surface area (Å²) in [7, 11) is 0. The zero-order valence-electron chi connectivity index (χ0n) is 13.4. The molecular formula is C16H25N3O3. The Bertz CT molecular complexity index is 489. The van der Waals surface area contributed by atoms with Gasteiger partial charge in [-0.15, -0.1) is 0 Å². The lowest BCUT2D eigenvalue weighted by Gasteiger charge is -2.35. The second-order valence-electron chi connectivity index (χ2n) is 7.36. The lowest BCUT2D eigenvalue weighted by Crippen LogP contribution is -2.49. The van der Waals surface area contributed by atoms with Gasteiger partial charge in [-0.25, -0.2) is 4.79 Å². The molecule has 6 nitrogen and oxygen atoms in total. The van der Waals surface area contributed by atoms with E-state index in [2.05, 4.69) is 19.2 Å². The van der Waals surface area contributed by atoms with E-state index in [9.17, 15) is 14.4 Å². The van der Waals surface area contributed by atoms with Gasteiger partial charge in [-0.05, 0) is 31.1 Å². The van der Waals surface area contributed by atoms with Crippen LogP contribution in [0.25, 0.3) is 0 Å². The predicted octanol–water partition coefficient (Wildman–Crippen LogP) is 1.36. The van der Waals surface area contributed by atoms with Crippen LogP contribution < -0.4 is 5.32 Å². The fourth-order valence-electron chi connectivity index (χ4n) is 4.24. The van der Waals surface area contributed by atoms with Gasteiger partial charge in [-0.2, -0.15) is 0 Å². The molecule has 3 fully saturated rings. The van der Waals surface area contributed by atoms with Gasteiger partial charge in [0.05, 0.1) is 0 Å². The fraction of sp³-hybridized carbons (Fsp3) is 0.812. The number of hydrogen-bond acceptors (Lipinski definition) is 3. The highest BCUT2D eigenvalue weighted by Crippen LogP contribution is 2.35. The predicted molar refractivity (Wildman–Crippen MR) is 81.0 cm³/mol. The number of carbonyl (C=O) groups excluding carboxylic acids is 3. The minimum atomic E-state index is -0.722. The van der Waals surface area contributed by atoms with Crippen molar-refractivity contribution in [2.45, 2.75) is 51.5 Å². The van der Waals surface area contributed by atoms with Crippen LogP contribution in [0, 0.1) is 11.8 Å². The Morgan fingerprint density at radius 3 is 2.36 bits per heavy atom. The smallest absolute Gasteiger partial charge is 0.325 e. The Balaban J connectivity index is 1.66. The highest BCUT2D eigenvalue weighted by atomic mass is 16.2. The number of imide groups is 1. The summed E-state index contributed by atoms with van der Waals surface area (Å²) in [5.74, 6) is 0.618. The van der Waals surface area contributed by atoms with Crippen LogP contribution in [0.4, 0.5) is 4.79 Å². The summed E-state index contributed by atoms with van der Waals surface area (Å²) in [6, 6.07) is -0.404. The molecule has 0 aromatic rings. The number of amides is 4. The molecule has 1 spiro atoms. The van der Waals surface area contributed by atoms with Crippen molar-refractivity contribution in [1.29, 1.82) is 0 Å².